The molecular weight excluding hydrogens is 256 g/mol. The Balaban J connectivity index is 3.50. The summed E-state index contributed by atoms with van der Waals surface area (Å²) < 4.78 is 6.25. The molecule has 0 bridgehead atoms. The molecule has 0 N–H and O–H groups in total. The average molecular weight is 271 g/mol. The van der Waals surface area contributed by atoms with Gasteiger partial charge in [0.1, 0.15) is 5.75 Å². The van der Waals surface area contributed by atoms with E-state index in [1.807, 2.05) is 26.8 Å². The van der Waals surface area contributed by atoms with E-state index in [1.165, 1.54) is 0 Å². The molecule has 0 amide bonds. The van der Waals surface area contributed by atoms with E-state index in [9.17, 15) is 4.79 Å². The zero-order valence-electron chi connectivity index (χ0n) is 9.48. The van der Waals surface area contributed by atoms with Crippen LogP contribution < -0.4 is 4.74 Å². The summed E-state index contributed by atoms with van der Waals surface area (Å²) in [5, 5.41) is 0. The third-order valence-corrected chi connectivity index (χ3v) is 3.29. The van der Waals surface area contributed by atoms with Crippen LogP contribution in [0.25, 0.3) is 0 Å². The van der Waals surface area contributed by atoms with Crippen LogP contribution >= 0.6 is 15.9 Å². The summed E-state index contributed by atoms with van der Waals surface area (Å²) >= 11 is 3.45. The molecule has 0 atom stereocenters. The molecule has 0 aliphatic carbocycles. The van der Waals surface area contributed by atoms with E-state index in [1.54, 1.807) is 7.11 Å². The molecule has 1 aromatic rings. The monoisotopic (exact) mass is 270 g/mol. The number of ether oxygens (including phenoxy) is 1. The second kappa shape index (κ2) is 4.79. The highest BCUT2D eigenvalue weighted by atomic mass is 79.9. The average Bonchev–Trinajstić information content (AvgIpc) is 2.21. The molecule has 1 rings (SSSR count). The number of Topliss-reactive ketones (excluding diaryl/α,β-unsaturated/α-hetero) is 1. The summed E-state index contributed by atoms with van der Waals surface area (Å²) in [5.74, 6) is 0.816. The molecular formula is C12H15BrO2. The second-order valence-electron chi connectivity index (χ2n) is 3.49. The van der Waals surface area contributed by atoms with Crippen molar-refractivity contribution in [1.82, 2.24) is 0 Å². The fourth-order valence-corrected chi connectivity index (χ4v) is 2.17. The van der Waals surface area contributed by atoms with E-state index in [-0.39, 0.29) is 5.78 Å². The molecule has 0 saturated heterocycles. The van der Waals surface area contributed by atoms with Gasteiger partial charge in [-0.1, -0.05) is 22.9 Å². The second-order valence-corrected chi connectivity index (χ2v) is 4.34. The fraction of sp³-hybridized carbons (Fsp3) is 0.417. The molecule has 0 aromatic heterocycles. The third kappa shape index (κ3) is 2.23. The zero-order valence-corrected chi connectivity index (χ0v) is 11.1. The van der Waals surface area contributed by atoms with E-state index in [4.69, 9.17) is 4.74 Å². The summed E-state index contributed by atoms with van der Waals surface area (Å²) in [5.41, 5.74) is 2.63. The predicted octanol–water partition coefficient (Wildman–Crippen LogP) is 3.67. The lowest BCUT2D eigenvalue weighted by Gasteiger charge is -2.14. The van der Waals surface area contributed by atoms with Crippen LogP contribution in [-0.2, 0) is 0 Å². The smallest absolute Gasteiger partial charge is 0.166 e. The molecule has 0 aliphatic rings. The molecule has 0 heterocycles. The number of hydrogen-bond acceptors (Lipinski definition) is 2. The van der Waals surface area contributed by atoms with E-state index in [2.05, 4.69) is 15.9 Å². The van der Waals surface area contributed by atoms with Gasteiger partial charge in [0.05, 0.1) is 12.7 Å². The molecule has 1 aromatic carbocycles. The van der Waals surface area contributed by atoms with Gasteiger partial charge >= 0.3 is 0 Å². The first-order valence-electron chi connectivity index (χ1n) is 4.89. The lowest BCUT2D eigenvalue weighted by molar-refractivity contribution is 0.0984. The lowest BCUT2D eigenvalue weighted by Crippen LogP contribution is -2.05. The van der Waals surface area contributed by atoms with Crippen LogP contribution in [-0.4, -0.2) is 12.9 Å². The summed E-state index contributed by atoms with van der Waals surface area (Å²) in [4.78, 5) is 11.8. The summed E-state index contributed by atoms with van der Waals surface area (Å²) in [6, 6.07) is 1.97. The van der Waals surface area contributed by atoms with Gasteiger partial charge in [0.15, 0.2) is 5.78 Å². The normalized spacial score (nSPS) is 10.2. The van der Waals surface area contributed by atoms with Crippen LogP contribution in [0.5, 0.6) is 5.75 Å². The van der Waals surface area contributed by atoms with E-state index < -0.39 is 0 Å². The molecule has 0 unspecified atom stereocenters. The molecule has 15 heavy (non-hydrogen) atoms. The Kier molecular flexibility index (Phi) is 3.91. The van der Waals surface area contributed by atoms with Crippen molar-refractivity contribution in [2.24, 2.45) is 0 Å². The zero-order chi connectivity index (χ0) is 11.6. The largest absolute Gasteiger partial charge is 0.496 e. The number of methoxy groups -OCH3 is 1. The van der Waals surface area contributed by atoms with E-state index >= 15 is 0 Å². The van der Waals surface area contributed by atoms with Gasteiger partial charge < -0.3 is 4.74 Å². The maximum absolute atomic E-state index is 11.8. The van der Waals surface area contributed by atoms with E-state index in [0.717, 1.165) is 15.6 Å². The van der Waals surface area contributed by atoms with Crippen molar-refractivity contribution in [1.29, 1.82) is 0 Å². The van der Waals surface area contributed by atoms with Crippen LogP contribution in [0.1, 0.15) is 34.8 Å². The van der Waals surface area contributed by atoms with Crippen molar-refractivity contribution < 1.29 is 9.53 Å². The molecule has 3 heteroatoms. The number of rotatable bonds is 3. The SMILES string of the molecule is CCC(=O)c1c(C)c(Br)cc(C)c1OC. The first kappa shape index (κ1) is 12.2. The Morgan fingerprint density at radius 3 is 2.53 bits per heavy atom. The van der Waals surface area contributed by atoms with Gasteiger partial charge in [-0.3, -0.25) is 4.79 Å². The number of carbonyl (C=O) groups is 1. The van der Waals surface area contributed by atoms with Gasteiger partial charge in [-0.2, -0.15) is 0 Å². The predicted molar refractivity (Wildman–Crippen MR) is 64.8 cm³/mol. The molecule has 0 fully saturated rings. The molecule has 0 saturated carbocycles. The summed E-state index contributed by atoms with van der Waals surface area (Å²) in [7, 11) is 1.60. The third-order valence-electron chi connectivity index (χ3n) is 2.47. The molecule has 0 radical (unpaired) electrons. The Morgan fingerprint density at radius 2 is 2.07 bits per heavy atom. The van der Waals surface area contributed by atoms with Crippen LogP contribution in [0.3, 0.4) is 0 Å². The minimum atomic E-state index is 0.119. The highest BCUT2D eigenvalue weighted by molar-refractivity contribution is 9.10. The van der Waals surface area contributed by atoms with Crippen LogP contribution in [0.2, 0.25) is 0 Å². The first-order valence-corrected chi connectivity index (χ1v) is 5.69. The molecule has 82 valence electrons. The summed E-state index contributed by atoms with van der Waals surface area (Å²) in [6.07, 6.45) is 0.493. The lowest BCUT2D eigenvalue weighted by atomic mass is 9.99. The van der Waals surface area contributed by atoms with Crippen molar-refractivity contribution in [2.75, 3.05) is 7.11 Å². The molecule has 0 spiro atoms. The fourth-order valence-electron chi connectivity index (χ4n) is 1.63. The van der Waals surface area contributed by atoms with Crippen molar-refractivity contribution in [2.45, 2.75) is 27.2 Å². The Labute approximate surface area is 98.8 Å². The molecule has 0 aliphatic heterocycles. The van der Waals surface area contributed by atoms with Gasteiger partial charge in [0, 0.05) is 10.9 Å². The van der Waals surface area contributed by atoms with Gasteiger partial charge in [-0.15, -0.1) is 0 Å². The minimum Gasteiger partial charge on any atom is -0.496 e. The maximum atomic E-state index is 11.8. The highest BCUT2D eigenvalue weighted by Crippen LogP contribution is 2.32. The van der Waals surface area contributed by atoms with Crippen molar-refractivity contribution in [3.8, 4) is 5.75 Å². The topological polar surface area (TPSA) is 26.3 Å². The minimum absolute atomic E-state index is 0.119. The van der Waals surface area contributed by atoms with Crippen LogP contribution in [0.15, 0.2) is 10.5 Å². The van der Waals surface area contributed by atoms with Gasteiger partial charge in [0.2, 0.25) is 0 Å². The van der Waals surface area contributed by atoms with Crippen LogP contribution in [0.4, 0.5) is 0 Å². The van der Waals surface area contributed by atoms with Crippen molar-refractivity contribution >= 4 is 21.7 Å². The maximum Gasteiger partial charge on any atom is 0.166 e. The number of aryl methyl sites for hydroxylation is 1. The summed E-state index contributed by atoms with van der Waals surface area (Å²) in [6.45, 7) is 5.72. The van der Waals surface area contributed by atoms with Crippen molar-refractivity contribution in [3.05, 3.63) is 27.2 Å². The van der Waals surface area contributed by atoms with Gasteiger partial charge in [-0.25, -0.2) is 0 Å². The van der Waals surface area contributed by atoms with Crippen molar-refractivity contribution in [3.63, 3.8) is 0 Å². The number of hydrogen-bond donors (Lipinski definition) is 0. The number of ketones is 1. The Hall–Kier alpha value is -0.830. The Morgan fingerprint density at radius 1 is 1.47 bits per heavy atom. The first-order chi connectivity index (χ1) is 7.02. The highest BCUT2D eigenvalue weighted by Gasteiger charge is 2.17. The quantitative estimate of drug-likeness (QED) is 0.784. The Bertz CT molecular complexity index is 397. The van der Waals surface area contributed by atoms with E-state index in [0.29, 0.717) is 17.7 Å². The van der Waals surface area contributed by atoms with Gasteiger partial charge in [0.25, 0.3) is 0 Å². The number of halogens is 1. The number of carbonyl (C=O) groups excluding carboxylic acids is 1. The van der Waals surface area contributed by atoms with Gasteiger partial charge in [-0.05, 0) is 31.0 Å². The number of benzene rings is 1. The molecule has 2 nitrogen and oxygen atoms in total. The van der Waals surface area contributed by atoms with Crippen LogP contribution in [0, 0.1) is 13.8 Å². The standard InChI is InChI=1S/C12H15BrO2/c1-5-10(14)11-8(3)9(13)6-7(2)12(11)15-4/h6H,5H2,1-4H3.